The molecule has 0 aliphatic heterocycles. The van der Waals surface area contributed by atoms with Crippen molar-refractivity contribution in [2.75, 3.05) is 5.32 Å². The van der Waals surface area contributed by atoms with Gasteiger partial charge in [0.25, 0.3) is 5.78 Å². The van der Waals surface area contributed by atoms with E-state index in [1.807, 2.05) is 12.1 Å². The van der Waals surface area contributed by atoms with E-state index in [0.29, 0.717) is 23.3 Å². The number of anilines is 1. The topological polar surface area (TPSA) is 80.9 Å². The average molecular weight is 262 g/mol. The number of rotatable bonds is 3. The lowest BCUT2D eigenvalue weighted by Crippen LogP contribution is -2.07. The molecule has 18 heavy (non-hydrogen) atoms. The van der Waals surface area contributed by atoms with E-state index in [0.717, 1.165) is 5.69 Å². The summed E-state index contributed by atoms with van der Waals surface area (Å²) in [6.07, 6.45) is 3.05. The summed E-state index contributed by atoms with van der Waals surface area (Å²) in [4.78, 5) is 8.02. The van der Waals surface area contributed by atoms with Gasteiger partial charge in [-0.15, -0.1) is 0 Å². The Bertz CT molecular complexity index is 666. The van der Waals surface area contributed by atoms with Crippen LogP contribution in [0.25, 0.3) is 5.78 Å². The van der Waals surface area contributed by atoms with Crippen molar-refractivity contribution in [1.29, 1.82) is 0 Å². The van der Waals surface area contributed by atoms with E-state index < -0.39 is 0 Å². The molecule has 0 amide bonds. The van der Waals surface area contributed by atoms with E-state index in [-0.39, 0.29) is 0 Å². The van der Waals surface area contributed by atoms with E-state index >= 15 is 0 Å². The lowest BCUT2D eigenvalue weighted by molar-refractivity contribution is 0.890. The standard InChI is InChI=1S/C10H8ClN7/c11-8-4-9(18-10(16-8)13-6-15-18)12-5-7-2-1-3-14-17-7/h1-4,6,12H,5H2. The van der Waals surface area contributed by atoms with Crippen LogP contribution in [0.4, 0.5) is 5.82 Å². The summed E-state index contributed by atoms with van der Waals surface area (Å²) in [5.74, 6) is 1.15. The first-order chi connectivity index (χ1) is 8.83. The van der Waals surface area contributed by atoms with Crippen LogP contribution in [0.1, 0.15) is 5.69 Å². The Kier molecular flexibility index (Phi) is 2.73. The van der Waals surface area contributed by atoms with Gasteiger partial charge in [-0.2, -0.15) is 29.8 Å². The van der Waals surface area contributed by atoms with Gasteiger partial charge in [0.1, 0.15) is 17.3 Å². The van der Waals surface area contributed by atoms with Crippen LogP contribution < -0.4 is 5.32 Å². The number of nitrogens with zero attached hydrogens (tertiary/aromatic N) is 6. The smallest absolute Gasteiger partial charge is 0.255 e. The van der Waals surface area contributed by atoms with E-state index in [1.54, 1.807) is 16.8 Å². The van der Waals surface area contributed by atoms with Crippen LogP contribution in [0.5, 0.6) is 0 Å². The highest BCUT2D eigenvalue weighted by atomic mass is 35.5. The van der Waals surface area contributed by atoms with Gasteiger partial charge < -0.3 is 5.32 Å². The SMILES string of the molecule is Clc1cc(NCc2cccnn2)n2ncnc2n1. The minimum Gasteiger partial charge on any atom is -0.364 e. The van der Waals surface area contributed by atoms with Crippen molar-refractivity contribution in [3.05, 3.63) is 41.6 Å². The van der Waals surface area contributed by atoms with Crippen LogP contribution in [0, 0.1) is 0 Å². The Labute approximate surface area is 107 Å². The summed E-state index contributed by atoms with van der Waals surface area (Å²) in [5.41, 5.74) is 0.818. The van der Waals surface area contributed by atoms with Gasteiger partial charge in [-0.25, -0.2) is 0 Å². The van der Waals surface area contributed by atoms with Crippen molar-refractivity contribution < 1.29 is 0 Å². The first-order valence-electron chi connectivity index (χ1n) is 5.20. The van der Waals surface area contributed by atoms with Crippen molar-refractivity contribution in [3.63, 3.8) is 0 Å². The van der Waals surface area contributed by atoms with Crippen LogP contribution in [0.3, 0.4) is 0 Å². The molecule has 0 unspecified atom stereocenters. The minimum absolute atomic E-state index is 0.358. The molecule has 0 fully saturated rings. The normalized spacial score (nSPS) is 10.7. The zero-order chi connectivity index (χ0) is 12.4. The quantitative estimate of drug-likeness (QED) is 0.713. The van der Waals surface area contributed by atoms with Gasteiger partial charge in [0.05, 0.1) is 12.2 Å². The molecule has 3 aromatic heterocycles. The van der Waals surface area contributed by atoms with E-state index in [4.69, 9.17) is 11.6 Å². The number of nitrogens with one attached hydrogen (secondary N) is 1. The Morgan fingerprint density at radius 1 is 1.39 bits per heavy atom. The third-order valence-electron chi connectivity index (χ3n) is 2.30. The van der Waals surface area contributed by atoms with Crippen LogP contribution in [-0.2, 0) is 6.54 Å². The molecule has 1 N–H and O–H groups in total. The first kappa shape index (κ1) is 10.8. The molecule has 0 aliphatic carbocycles. The fourth-order valence-electron chi connectivity index (χ4n) is 1.52. The Balaban J connectivity index is 1.88. The molecule has 0 saturated carbocycles. The second-order valence-electron chi connectivity index (χ2n) is 3.50. The van der Waals surface area contributed by atoms with Gasteiger partial charge >= 0.3 is 0 Å². The first-order valence-corrected chi connectivity index (χ1v) is 5.57. The van der Waals surface area contributed by atoms with Crippen LogP contribution >= 0.6 is 11.6 Å². The minimum atomic E-state index is 0.358. The summed E-state index contributed by atoms with van der Waals surface area (Å²) in [6, 6.07) is 5.38. The van der Waals surface area contributed by atoms with Crippen LogP contribution in [-0.4, -0.2) is 29.8 Å². The third-order valence-corrected chi connectivity index (χ3v) is 2.49. The van der Waals surface area contributed by atoms with Crippen molar-refractivity contribution in [3.8, 4) is 0 Å². The maximum absolute atomic E-state index is 5.90. The molecular formula is C10H8ClN7. The third kappa shape index (κ3) is 2.07. The monoisotopic (exact) mass is 261 g/mol. The molecule has 0 spiro atoms. The molecule has 0 radical (unpaired) electrons. The molecule has 0 atom stereocenters. The second-order valence-corrected chi connectivity index (χ2v) is 3.89. The number of fused-ring (bicyclic) bond motifs is 1. The predicted molar refractivity (Wildman–Crippen MR) is 65.2 cm³/mol. The van der Waals surface area contributed by atoms with Gasteiger partial charge in [-0.3, -0.25) is 0 Å². The van der Waals surface area contributed by atoms with Crippen molar-refractivity contribution in [1.82, 2.24) is 29.8 Å². The highest BCUT2D eigenvalue weighted by molar-refractivity contribution is 6.29. The zero-order valence-corrected chi connectivity index (χ0v) is 9.91. The van der Waals surface area contributed by atoms with E-state index in [9.17, 15) is 0 Å². The molecule has 7 nitrogen and oxygen atoms in total. The number of hydrogen-bond acceptors (Lipinski definition) is 6. The van der Waals surface area contributed by atoms with Crippen molar-refractivity contribution >= 4 is 23.2 Å². The Morgan fingerprint density at radius 3 is 3.17 bits per heavy atom. The largest absolute Gasteiger partial charge is 0.364 e. The molecular weight excluding hydrogens is 254 g/mol. The maximum Gasteiger partial charge on any atom is 0.255 e. The highest BCUT2D eigenvalue weighted by Crippen LogP contribution is 2.14. The fraction of sp³-hybridized carbons (Fsp3) is 0.100. The maximum atomic E-state index is 5.90. The van der Waals surface area contributed by atoms with E-state index in [2.05, 4.69) is 30.6 Å². The van der Waals surface area contributed by atoms with Crippen LogP contribution in [0.2, 0.25) is 5.15 Å². The summed E-state index contributed by atoms with van der Waals surface area (Å²) in [7, 11) is 0. The molecule has 0 aromatic carbocycles. The second kappa shape index (κ2) is 4.53. The summed E-state index contributed by atoms with van der Waals surface area (Å²) in [5, 5.41) is 15.4. The Morgan fingerprint density at radius 2 is 2.33 bits per heavy atom. The number of aromatic nitrogens is 6. The summed E-state index contributed by atoms with van der Waals surface area (Å²) < 4.78 is 1.57. The highest BCUT2D eigenvalue weighted by Gasteiger charge is 2.06. The molecule has 3 rings (SSSR count). The molecule has 3 aromatic rings. The summed E-state index contributed by atoms with van der Waals surface area (Å²) in [6.45, 7) is 0.517. The van der Waals surface area contributed by atoms with Gasteiger partial charge in [-0.05, 0) is 12.1 Å². The van der Waals surface area contributed by atoms with Crippen molar-refractivity contribution in [2.45, 2.75) is 6.54 Å². The summed E-state index contributed by atoms with van der Waals surface area (Å²) >= 11 is 5.90. The molecule has 3 heterocycles. The lowest BCUT2D eigenvalue weighted by atomic mass is 10.4. The Hall–Kier alpha value is -2.28. The lowest BCUT2D eigenvalue weighted by Gasteiger charge is -2.06. The van der Waals surface area contributed by atoms with E-state index in [1.165, 1.54) is 6.33 Å². The molecule has 90 valence electrons. The molecule has 8 heteroatoms. The predicted octanol–water partition coefficient (Wildman–Crippen LogP) is 1.18. The fourth-order valence-corrected chi connectivity index (χ4v) is 1.70. The molecule has 0 saturated heterocycles. The molecule has 0 bridgehead atoms. The number of hydrogen-bond donors (Lipinski definition) is 1. The van der Waals surface area contributed by atoms with Crippen LogP contribution in [0.15, 0.2) is 30.7 Å². The zero-order valence-electron chi connectivity index (χ0n) is 9.16. The van der Waals surface area contributed by atoms with Gasteiger partial charge in [-0.1, -0.05) is 11.6 Å². The van der Waals surface area contributed by atoms with Crippen molar-refractivity contribution in [2.24, 2.45) is 0 Å². The van der Waals surface area contributed by atoms with Gasteiger partial charge in [0, 0.05) is 12.3 Å². The number of halogens is 1. The van der Waals surface area contributed by atoms with Gasteiger partial charge in [0.2, 0.25) is 0 Å². The molecule has 0 aliphatic rings. The average Bonchev–Trinajstić information content (AvgIpc) is 2.85. The van der Waals surface area contributed by atoms with Gasteiger partial charge in [0.15, 0.2) is 0 Å².